The van der Waals surface area contributed by atoms with Gasteiger partial charge in [0, 0.05) is 17.8 Å². The Bertz CT molecular complexity index is 872. The third kappa shape index (κ3) is 3.00. The summed E-state index contributed by atoms with van der Waals surface area (Å²) >= 11 is 0. The summed E-state index contributed by atoms with van der Waals surface area (Å²) in [4.78, 5) is 10.4. The molecule has 5 heteroatoms. The van der Waals surface area contributed by atoms with Crippen LogP contribution in [0.3, 0.4) is 0 Å². The molecular formula is C18H17N3O2. The normalized spacial score (nSPS) is 12.1. The van der Waals surface area contributed by atoms with E-state index < -0.39 is 11.1 Å². The molecule has 3 aromatic rings. The summed E-state index contributed by atoms with van der Waals surface area (Å²) in [6.07, 6.45) is -0.402. The molecular weight excluding hydrogens is 290 g/mol. The first-order valence-electron chi connectivity index (χ1n) is 7.31. The number of nitrogens with zero attached hydrogens (tertiary/aromatic N) is 1. The summed E-state index contributed by atoms with van der Waals surface area (Å²) in [7, 11) is 0. The Hall–Kier alpha value is -2.92. The minimum atomic E-state index is -0.402. The van der Waals surface area contributed by atoms with Gasteiger partial charge in [-0.05, 0) is 34.9 Å². The molecule has 0 saturated carbocycles. The van der Waals surface area contributed by atoms with E-state index in [1.165, 1.54) is 12.1 Å². The Kier molecular flexibility index (Phi) is 3.95. The fraction of sp³-hybridized carbons (Fsp3) is 0.111. The van der Waals surface area contributed by atoms with Gasteiger partial charge < -0.3 is 11.1 Å². The molecule has 0 heterocycles. The third-order valence-corrected chi connectivity index (χ3v) is 3.89. The number of nitrogens with one attached hydrogen (secondary N) is 1. The molecule has 0 radical (unpaired) electrons. The lowest BCUT2D eigenvalue weighted by Crippen LogP contribution is -2.20. The number of hydrogen-bond acceptors (Lipinski definition) is 4. The molecule has 116 valence electrons. The molecule has 0 aliphatic carbocycles. The van der Waals surface area contributed by atoms with E-state index in [0.29, 0.717) is 0 Å². The maximum atomic E-state index is 10.8. The molecule has 1 unspecified atom stereocenters. The molecule has 0 aliphatic heterocycles. The SMILES string of the molecule is Cc1cc([N+](=O)[O-])ccc1NC(N)c1cccc2ccccc12. The van der Waals surface area contributed by atoms with Crippen LogP contribution in [0.5, 0.6) is 0 Å². The van der Waals surface area contributed by atoms with Crippen LogP contribution in [-0.4, -0.2) is 4.92 Å². The van der Waals surface area contributed by atoms with Gasteiger partial charge in [0.15, 0.2) is 0 Å². The van der Waals surface area contributed by atoms with E-state index in [1.54, 1.807) is 6.07 Å². The molecule has 5 nitrogen and oxygen atoms in total. The molecule has 0 amide bonds. The Morgan fingerprint density at radius 3 is 2.57 bits per heavy atom. The largest absolute Gasteiger partial charge is 0.366 e. The van der Waals surface area contributed by atoms with Crippen LogP contribution in [0.25, 0.3) is 10.8 Å². The van der Waals surface area contributed by atoms with E-state index in [9.17, 15) is 10.1 Å². The summed E-state index contributed by atoms with van der Waals surface area (Å²) in [6, 6.07) is 18.8. The lowest BCUT2D eigenvalue weighted by atomic mass is 10.0. The number of aryl methyl sites for hydroxylation is 1. The average Bonchev–Trinajstić information content (AvgIpc) is 2.56. The molecule has 0 aliphatic rings. The second-order valence-corrected chi connectivity index (χ2v) is 5.45. The Morgan fingerprint density at radius 2 is 1.83 bits per heavy atom. The van der Waals surface area contributed by atoms with E-state index in [4.69, 9.17) is 5.73 Å². The van der Waals surface area contributed by atoms with Crippen LogP contribution in [0.1, 0.15) is 17.3 Å². The quantitative estimate of drug-likeness (QED) is 0.431. The highest BCUT2D eigenvalue weighted by molar-refractivity contribution is 5.86. The molecule has 1 atom stereocenters. The van der Waals surface area contributed by atoms with Gasteiger partial charge >= 0.3 is 0 Å². The first-order valence-corrected chi connectivity index (χ1v) is 7.31. The number of non-ortho nitro benzene ring substituents is 1. The van der Waals surface area contributed by atoms with Crippen molar-refractivity contribution < 1.29 is 4.92 Å². The fourth-order valence-electron chi connectivity index (χ4n) is 2.69. The van der Waals surface area contributed by atoms with Crippen LogP contribution in [0.4, 0.5) is 11.4 Å². The van der Waals surface area contributed by atoms with Crippen LogP contribution < -0.4 is 11.1 Å². The summed E-state index contributed by atoms with van der Waals surface area (Å²) < 4.78 is 0. The second kappa shape index (κ2) is 6.06. The van der Waals surface area contributed by atoms with Crippen molar-refractivity contribution in [2.24, 2.45) is 5.73 Å². The van der Waals surface area contributed by atoms with Crippen molar-refractivity contribution in [1.82, 2.24) is 0 Å². The molecule has 3 N–H and O–H groups in total. The van der Waals surface area contributed by atoms with E-state index in [-0.39, 0.29) is 5.69 Å². The molecule has 3 rings (SSSR count). The highest BCUT2D eigenvalue weighted by atomic mass is 16.6. The zero-order valence-electron chi connectivity index (χ0n) is 12.7. The molecule has 23 heavy (non-hydrogen) atoms. The Labute approximate surface area is 133 Å². The minimum absolute atomic E-state index is 0.0757. The van der Waals surface area contributed by atoms with Gasteiger partial charge in [-0.2, -0.15) is 0 Å². The first kappa shape index (κ1) is 15.0. The Balaban J connectivity index is 1.92. The minimum Gasteiger partial charge on any atom is -0.366 e. The van der Waals surface area contributed by atoms with Crippen molar-refractivity contribution in [3.8, 4) is 0 Å². The summed E-state index contributed by atoms with van der Waals surface area (Å²) in [5.74, 6) is 0. The van der Waals surface area contributed by atoms with E-state index >= 15 is 0 Å². The molecule has 0 bridgehead atoms. The number of hydrogen-bond donors (Lipinski definition) is 2. The van der Waals surface area contributed by atoms with Crippen molar-refractivity contribution in [3.63, 3.8) is 0 Å². The van der Waals surface area contributed by atoms with Gasteiger partial charge in [0.1, 0.15) is 6.17 Å². The van der Waals surface area contributed by atoms with Crippen molar-refractivity contribution in [3.05, 3.63) is 81.9 Å². The topological polar surface area (TPSA) is 81.2 Å². The average molecular weight is 307 g/mol. The van der Waals surface area contributed by atoms with Gasteiger partial charge in [-0.25, -0.2) is 0 Å². The number of nitrogens with two attached hydrogens (primary N) is 1. The van der Waals surface area contributed by atoms with Gasteiger partial charge in [-0.15, -0.1) is 0 Å². The van der Waals surface area contributed by atoms with Gasteiger partial charge in [0.25, 0.3) is 5.69 Å². The van der Waals surface area contributed by atoms with Crippen LogP contribution in [-0.2, 0) is 0 Å². The van der Waals surface area contributed by atoms with Crippen LogP contribution in [0.15, 0.2) is 60.7 Å². The van der Waals surface area contributed by atoms with Crippen molar-refractivity contribution in [2.45, 2.75) is 13.1 Å². The smallest absolute Gasteiger partial charge is 0.269 e. The van der Waals surface area contributed by atoms with Crippen LogP contribution in [0, 0.1) is 17.0 Å². The van der Waals surface area contributed by atoms with Crippen molar-refractivity contribution >= 4 is 22.1 Å². The second-order valence-electron chi connectivity index (χ2n) is 5.45. The summed E-state index contributed by atoms with van der Waals surface area (Å²) in [6.45, 7) is 1.82. The molecule has 0 aromatic heterocycles. The lowest BCUT2D eigenvalue weighted by molar-refractivity contribution is -0.384. The number of nitro benzene ring substituents is 1. The molecule has 0 spiro atoms. The number of rotatable bonds is 4. The number of nitro groups is 1. The first-order chi connectivity index (χ1) is 11.1. The molecule has 0 saturated heterocycles. The molecule has 3 aromatic carbocycles. The predicted octanol–water partition coefficient (Wildman–Crippen LogP) is 4.13. The standard InChI is InChI=1S/C18H17N3O2/c1-12-11-14(21(22)23)9-10-17(12)20-18(19)16-8-4-6-13-5-2-3-7-15(13)16/h2-11,18,20H,19H2,1H3. The number of fused-ring (bicyclic) bond motifs is 1. The van der Waals surface area contributed by atoms with Crippen molar-refractivity contribution in [2.75, 3.05) is 5.32 Å². The number of anilines is 1. The van der Waals surface area contributed by atoms with Gasteiger partial charge in [-0.3, -0.25) is 10.1 Å². The maximum absolute atomic E-state index is 10.8. The van der Waals surface area contributed by atoms with Gasteiger partial charge in [0.05, 0.1) is 4.92 Å². The predicted molar refractivity (Wildman–Crippen MR) is 92.3 cm³/mol. The van der Waals surface area contributed by atoms with Gasteiger partial charge in [0.2, 0.25) is 0 Å². The maximum Gasteiger partial charge on any atom is 0.269 e. The van der Waals surface area contributed by atoms with Crippen molar-refractivity contribution in [1.29, 1.82) is 0 Å². The Morgan fingerprint density at radius 1 is 1.09 bits per heavy atom. The highest BCUT2D eigenvalue weighted by Crippen LogP contribution is 2.27. The lowest BCUT2D eigenvalue weighted by Gasteiger charge is -2.19. The third-order valence-electron chi connectivity index (χ3n) is 3.89. The van der Waals surface area contributed by atoms with E-state index in [2.05, 4.69) is 5.32 Å². The van der Waals surface area contributed by atoms with E-state index in [1.807, 2.05) is 49.4 Å². The fourth-order valence-corrected chi connectivity index (χ4v) is 2.69. The molecule has 0 fully saturated rings. The summed E-state index contributed by atoms with van der Waals surface area (Å²) in [5.41, 5.74) is 8.95. The zero-order valence-corrected chi connectivity index (χ0v) is 12.7. The van der Waals surface area contributed by atoms with Crippen LogP contribution >= 0.6 is 0 Å². The zero-order chi connectivity index (χ0) is 16.4. The summed E-state index contributed by atoms with van der Waals surface area (Å²) in [5, 5.41) is 16.3. The van der Waals surface area contributed by atoms with Gasteiger partial charge in [-0.1, -0.05) is 42.5 Å². The highest BCUT2D eigenvalue weighted by Gasteiger charge is 2.13. The number of benzene rings is 3. The van der Waals surface area contributed by atoms with Crippen LogP contribution in [0.2, 0.25) is 0 Å². The monoisotopic (exact) mass is 307 g/mol. The van der Waals surface area contributed by atoms with E-state index in [0.717, 1.165) is 27.6 Å².